The van der Waals surface area contributed by atoms with E-state index in [2.05, 4.69) is 16.7 Å². The Morgan fingerprint density at radius 3 is 3.13 bits per heavy atom. The van der Waals surface area contributed by atoms with Gasteiger partial charge in [0.15, 0.2) is 0 Å². The van der Waals surface area contributed by atoms with E-state index in [-0.39, 0.29) is 0 Å². The van der Waals surface area contributed by atoms with Crippen LogP contribution in [0.2, 0.25) is 0 Å². The highest BCUT2D eigenvalue weighted by Crippen LogP contribution is 2.23. The summed E-state index contributed by atoms with van der Waals surface area (Å²) < 4.78 is 1.70. The van der Waals surface area contributed by atoms with Crippen molar-refractivity contribution in [1.29, 1.82) is 0 Å². The van der Waals surface area contributed by atoms with Crippen LogP contribution in [0, 0.1) is 0 Å². The zero-order chi connectivity index (χ0) is 10.8. The Morgan fingerprint density at radius 1 is 1.60 bits per heavy atom. The lowest BCUT2D eigenvalue weighted by atomic mass is 10.1. The monoisotopic (exact) mass is 203 g/mol. The van der Waals surface area contributed by atoms with E-state index in [0.29, 0.717) is 6.42 Å². The van der Waals surface area contributed by atoms with Crippen molar-refractivity contribution in [3.63, 3.8) is 0 Å². The van der Waals surface area contributed by atoms with E-state index in [1.54, 1.807) is 29.3 Å². The summed E-state index contributed by atoms with van der Waals surface area (Å²) in [6.45, 7) is 5.68. The van der Waals surface area contributed by atoms with E-state index in [1.165, 1.54) is 0 Å². The topological polar surface area (TPSA) is 50.4 Å². The van der Waals surface area contributed by atoms with E-state index in [4.69, 9.17) is 0 Å². The zero-order valence-electron chi connectivity index (χ0n) is 8.59. The van der Waals surface area contributed by atoms with Gasteiger partial charge in [-0.15, -0.1) is 6.58 Å². The van der Waals surface area contributed by atoms with Crippen LogP contribution in [0.1, 0.15) is 25.0 Å². The highest BCUT2D eigenvalue weighted by Gasteiger charge is 2.13. The number of fused-ring (bicyclic) bond motifs is 1. The predicted molar refractivity (Wildman–Crippen MR) is 57.4 cm³/mol. The van der Waals surface area contributed by atoms with Gasteiger partial charge in [-0.1, -0.05) is 5.57 Å². The van der Waals surface area contributed by atoms with Crippen LogP contribution in [0.3, 0.4) is 0 Å². The molecule has 0 aliphatic carbocycles. The summed E-state index contributed by atoms with van der Waals surface area (Å²) in [5, 5.41) is 14.1. The van der Waals surface area contributed by atoms with Crippen LogP contribution >= 0.6 is 0 Å². The first-order valence-corrected chi connectivity index (χ1v) is 4.78. The Kier molecular flexibility index (Phi) is 2.51. The van der Waals surface area contributed by atoms with Gasteiger partial charge in [-0.25, -0.2) is 4.52 Å². The van der Waals surface area contributed by atoms with Gasteiger partial charge >= 0.3 is 0 Å². The molecule has 0 spiro atoms. The van der Waals surface area contributed by atoms with Crippen LogP contribution in [-0.4, -0.2) is 19.7 Å². The highest BCUT2D eigenvalue weighted by atomic mass is 16.3. The van der Waals surface area contributed by atoms with Crippen LogP contribution < -0.4 is 0 Å². The number of hydrogen-bond donors (Lipinski definition) is 1. The number of aliphatic hydroxyl groups is 1. The molecule has 2 aromatic heterocycles. The first kappa shape index (κ1) is 9.86. The van der Waals surface area contributed by atoms with E-state index in [0.717, 1.165) is 16.7 Å². The maximum Gasteiger partial charge on any atom is 0.0903 e. The fourth-order valence-corrected chi connectivity index (χ4v) is 1.55. The molecule has 0 bridgehead atoms. The number of rotatable bonds is 3. The maximum absolute atomic E-state index is 9.94. The van der Waals surface area contributed by atoms with Crippen molar-refractivity contribution in [3.05, 3.63) is 42.5 Å². The average Bonchev–Trinajstić information content (AvgIpc) is 2.59. The fraction of sp³-hybridized carbons (Fsp3) is 0.273. The summed E-state index contributed by atoms with van der Waals surface area (Å²) in [7, 11) is 0. The molecule has 0 fully saturated rings. The third-order valence-corrected chi connectivity index (χ3v) is 2.26. The normalized spacial score (nSPS) is 12.9. The maximum atomic E-state index is 9.94. The second kappa shape index (κ2) is 3.82. The molecule has 0 aliphatic rings. The molecule has 0 saturated carbocycles. The molecule has 4 heteroatoms. The molecule has 2 aromatic rings. The van der Waals surface area contributed by atoms with Crippen LogP contribution in [0.25, 0.3) is 5.52 Å². The molecule has 0 radical (unpaired) electrons. The summed E-state index contributed by atoms with van der Waals surface area (Å²) >= 11 is 0. The summed E-state index contributed by atoms with van der Waals surface area (Å²) in [5.74, 6) is 0. The van der Waals surface area contributed by atoms with Crippen molar-refractivity contribution in [2.45, 2.75) is 19.4 Å². The van der Waals surface area contributed by atoms with Gasteiger partial charge < -0.3 is 5.11 Å². The van der Waals surface area contributed by atoms with Gasteiger partial charge in [0, 0.05) is 18.0 Å². The van der Waals surface area contributed by atoms with Gasteiger partial charge in [0.25, 0.3) is 0 Å². The molecule has 0 aromatic carbocycles. The molecule has 0 aliphatic heterocycles. The quantitative estimate of drug-likeness (QED) is 0.773. The Morgan fingerprint density at radius 2 is 2.40 bits per heavy atom. The van der Waals surface area contributed by atoms with E-state index >= 15 is 0 Å². The van der Waals surface area contributed by atoms with Crippen LogP contribution in [0.5, 0.6) is 0 Å². The standard InChI is InChI=1S/C11H13N3O/c1-8(2)5-11(15)9-6-13-14-4-3-12-7-10(9)14/h3-4,6-7,11,15H,1,5H2,2H3. The van der Waals surface area contributed by atoms with Crippen molar-refractivity contribution in [2.24, 2.45) is 0 Å². The first-order valence-electron chi connectivity index (χ1n) is 4.78. The molecule has 78 valence electrons. The molecular formula is C11H13N3O. The number of nitrogens with zero attached hydrogens (tertiary/aromatic N) is 3. The summed E-state index contributed by atoms with van der Waals surface area (Å²) in [6.07, 6.45) is 6.79. The van der Waals surface area contributed by atoms with E-state index < -0.39 is 6.10 Å². The molecule has 0 amide bonds. The Labute approximate surface area is 87.9 Å². The number of hydrogen-bond acceptors (Lipinski definition) is 3. The smallest absolute Gasteiger partial charge is 0.0903 e. The minimum atomic E-state index is -0.552. The van der Waals surface area contributed by atoms with Crippen LogP contribution in [0.4, 0.5) is 0 Å². The molecule has 1 unspecified atom stereocenters. The van der Waals surface area contributed by atoms with Gasteiger partial charge in [0.2, 0.25) is 0 Å². The van der Waals surface area contributed by atoms with Gasteiger partial charge in [-0.2, -0.15) is 5.10 Å². The van der Waals surface area contributed by atoms with Gasteiger partial charge in [-0.05, 0) is 13.3 Å². The van der Waals surface area contributed by atoms with Crippen LogP contribution in [0.15, 0.2) is 36.9 Å². The van der Waals surface area contributed by atoms with E-state index in [9.17, 15) is 5.11 Å². The molecule has 2 heterocycles. The van der Waals surface area contributed by atoms with Crippen molar-refractivity contribution < 1.29 is 5.11 Å². The van der Waals surface area contributed by atoms with Crippen molar-refractivity contribution >= 4 is 5.52 Å². The fourth-order valence-electron chi connectivity index (χ4n) is 1.55. The SMILES string of the molecule is C=C(C)CC(O)c1cnn2ccncc12. The van der Waals surface area contributed by atoms with Crippen molar-refractivity contribution in [2.75, 3.05) is 0 Å². The van der Waals surface area contributed by atoms with Gasteiger partial charge in [0.1, 0.15) is 0 Å². The number of aromatic nitrogens is 3. The van der Waals surface area contributed by atoms with Crippen molar-refractivity contribution in [1.82, 2.24) is 14.6 Å². The van der Waals surface area contributed by atoms with Gasteiger partial charge in [-0.3, -0.25) is 4.98 Å². The molecule has 1 atom stereocenters. The third kappa shape index (κ3) is 1.89. The Hall–Kier alpha value is -1.68. The first-order chi connectivity index (χ1) is 7.18. The third-order valence-electron chi connectivity index (χ3n) is 2.26. The average molecular weight is 203 g/mol. The second-order valence-corrected chi connectivity index (χ2v) is 3.68. The molecule has 0 saturated heterocycles. The minimum Gasteiger partial charge on any atom is -0.388 e. The molecule has 4 nitrogen and oxygen atoms in total. The summed E-state index contributed by atoms with van der Waals surface area (Å²) in [4.78, 5) is 4.01. The lowest BCUT2D eigenvalue weighted by Crippen LogP contribution is -1.97. The van der Waals surface area contributed by atoms with Crippen molar-refractivity contribution in [3.8, 4) is 0 Å². The summed E-state index contributed by atoms with van der Waals surface area (Å²) in [5.41, 5.74) is 2.59. The zero-order valence-corrected chi connectivity index (χ0v) is 8.59. The molecule has 15 heavy (non-hydrogen) atoms. The number of aliphatic hydroxyl groups excluding tert-OH is 1. The summed E-state index contributed by atoms with van der Waals surface area (Å²) in [6, 6.07) is 0. The van der Waals surface area contributed by atoms with Crippen LogP contribution in [-0.2, 0) is 0 Å². The Bertz CT molecular complexity index is 489. The minimum absolute atomic E-state index is 0.552. The lowest BCUT2D eigenvalue weighted by molar-refractivity contribution is 0.180. The van der Waals surface area contributed by atoms with Gasteiger partial charge in [0.05, 0.1) is 24.0 Å². The molecular weight excluding hydrogens is 190 g/mol. The predicted octanol–water partition coefficient (Wildman–Crippen LogP) is 1.73. The Balaban J connectivity index is 2.39. The lowest BCUT2D eigenvalue weighted by Gasteiger charge is -2.08. The van der Waals surface area contributed by atoms with E-state index in [1.807, 2.05) is 6.92 Å². The molecule has 2 rings (SSSR count). The second-order valence-electron chi connectivity index (χ2n) is 3.68. The highest BCUT2D eigenvalue weighted by molar-refractivity contribution is 5.52. The molecule has 1 N–H and O–H groups in total. The largest absolute Gasteiger partial charge is 0.388 e.